The molecule has 1 heterocycles. The summed E-state index contributed by atoms with van der Waals surface area (Å²) in [5, 5.41) is 3.29. The maximum absolute atomic E-state index is 12.0. The fourth-order valence-corrected chi connectivity index (χ4v) is 2.01. The summed E-state index contributed by atoms with van der Waals surface area (Å²) >= 11 is 5.61. The standard InChI is InChI=1S/C9H15ClN4O3S/c1-3-5-13(6-4-10)9(15)14-7-11-8(12-14)18(2,16)17/h7H,3-6H2,1-2H3. The van der Waals surface area contributed by atoms with Crippen LogP contribution >= 0.6 is 11.6 Å². The summed E-state index contributed by atoms with van der Waals surface area (Å²) in [6.45, 7) is 2.83. The lowest BCUT2D eigenvalue weighted by Gasteiger charge is -2.19. The van der Waals surface area contributed by atoms with E-state index in [1.54, 1.807) is 0 Å². The Morgan fingerprint density at radius 1 is 1.50 bits per heavy atom. The normalized spacial score (nSPS) is 11.5. The molecule has 0 atom stereocenters. The molecular formula is C9H15ClN4O3S. The van der Waals surface area contributed by atoms with Crippen LogP contribution in [0.2, 0.25) is 0 Å². The largest absolute Gasteiger partial charge is 0.346 e. The zero-order valence-corrected chi connectivity index (χ0v) is 11.8. The van der Waals surface area contributed by atoms with Gasteiger partial charge in [-0.1, -0.05) is 6.92 Å². The Morgan fingerprint density at radius 3 is 2.61 bits per heavy atom. The van der Waals surface area contributed by atoms with E-state index in [9.17, 15) is 13.2 Å². The zero-order valence-electron chi connectivity index (χ0n) is 10.2. The highest BCUT2D eigenvalue weighted by atomic mass is 35.5. The van der Waals surface area contributed by atoms with E-state index in [1.807, 2.05) is 6.92 Å². The SMILES string of the molecule is CCCN(CCCl)C(=O)n1cnc(S(C)(=O)=O)n1. The summed E-state index contributed by atoms with van der Waals surface area (Å²) in [6, 6.07) is -0.431. The molecule has 9 heteroatoms. The molecule has 1 amide bonds. The Bertz CT molecular complexity index is 508. The van der Waals surface area contributed by atoms with Gasteiger partial charge in [0.1, 0.15) is 6.33 Å². The van der Waals surface area contributed by atoms with Crippen molar-refractivity contribution in [3.05, 3.63) is 6.33 Å². The van der Waals surface area contributed by atoms with Crippen molar-refractivity contribution in [2.24, 2.45) is 0 Å². The minimum Gasteiger partial charge on any atom is -0.322 e. The summed E-state index contributed by atoms with van der Waals surface area (Å²) in [5.41, 5.74) is 0. The quantitative estimate of drug-likeness (QED) is 0.742. The first-order valence-corrected chi connectivity index (χ1v) is 7.79. The lowest BCUT2D eigenvalue weighted by atomic mass is 10.4. The molecular weight excluding hydrogens is 280 g/mol. The molecule has 0 saturated heterocycles. The molecule has 0 aromatic carbocycles. The average molecular weight is 295 g/mol. The smallest absolute Gasteiger partial charge is 0.322 e. The molecule has 0 spiro atoms. The number of rotatable bonds is 5. The molecule has 1 aromatic heterocycles. The van der Waals surface area contributed by atoms with Gasteiger partial charge in [0.2, 0.25) is 9.84 Å². The number of carbonyl (C=O) groups is 1. The Hall–Kier alpha value is -1.15. The van der Waals surface area contributed by atoms with Gasteiger partial charge in [0.05, 0.1) is 0 Å². The number of amides is 1. The van der Waals surface area contributed by atoms with Crippen molar-refractivity contribution in [3.63, 3.8) is 0 Å². The summed E-state index contributed by atoms with van der Waals surface area (Å²) in [4.78, 5) is 17.1. The van der Waals surface area contributed by atoms with E-state index in [-0.39, 0.29) is 5.16 Å². The van der Waals surface area contributed by atoms with E-state index in [2.05, 4.69) is 10.1 Å². The van der Waals surface area contributed by atoms with Crippen LogP contribution < -0.4 is 0 Å². The number of hydrogen-bond acceptors (Lipinski definition) is 5. The van der Waals surface area contributed by atoms with Crippen molar-refractivity contribution in [2.45, 2.75) is 18.5 Å². The Morgan fingerprint density at radius 2 is 2.17 bits per heavy atom. The van der Waals surface area contributed by atoms with Crippen LogP contribution in [0, 0.1) is 0 Å². The molecule has 0 aliphatic heterocycles. The van der Waals surface area contributed by atoms with Gasteiger partial charge in [0.15, 0.2) is 0 Å². The van der Waals surface area contributed by atoms with E-state index in [4.69, 9.17) is 11.6 Å². The number of carbonyl (C=O) groups excluding carboxylic acids is 1. The van der Waals surface area contributed by atoms with Crippen LogP contribution in [-0.2, 0) is 9.84 Å². The lowest BCUT2D eigenvalue weighted by molar-refractivity contribution is 0.199. The topological polar surface area (TPSA) is 85.2 Å². The predicted molar refractivity (Wildman–Crippen MR) is 66.5 cm³/mol. The third kappa shape index (κ3) is 3.67. The number of aromatic nitrogens is 3. The van der Waals surface area contributed by atoms with Crippen molar-refractivity contribution in [2.75, 3.05) is 25.2 Å². The van der Waals surface area contributed by atoms with E-state index in [0.717, 1.165) is 23.7 Å². The molecule has 102 valence electrons. The van der Waals surface area contributed by atoms with Crippen LogP contribution in [0.25, 0.3) is 0 Å². The molecule has 18 heavy (non-hydrogen) atoms. The molecule has 0 fully saturated rings. The van der Waals surface area contributed by atoms with Crippen molar-refractivity contribution in [3.8, 4) is 0 Å². The summed E-state index contributed by atoms with van der Waals surface area (Å²) < 4.78 is 23.3. The van der Waals surface area contributed by atoms with Crippen LogP contribution in [0.3, 0.4) is 0 Å². The maximum atomic E-state index is 12.0. The molecule has 0 aliphatic carbocycles. The molecule has 1 rings (SSSR count). The molecule has 0 radical (unpaired) electrons. The fourth-order valence-electron chi connectivity index (χ4n) is 1.33. The van der Waals surface area contributed by atoms with Gasteiger partial charge >= 0.3 is 6.03 Å². The van der Waals surface area contributed by atoms with Crippen LogP contribution in [0.4, 0.5) is 4.79 Å². The van der Waals surface area contributed by atoms with Crippen LogP contribution in [0.1, 0.15) is 13.3 Å². The molecule has 7 nitrogen and oxygen atoms in total. The predicted octanol–water partition coefficient (Wildman–Crippen LogP) is 0.601. The molecule has 0 saturated carbocycles. The Labute approximate surface area is 111 Å². The summed E-state index contributed by atoms with van der Waals surface area (Å²) in [7, 11) is -3.51. The van der Waals surface area contributed by atoms with Crippen LogP contribution in [-0.4, -0.2) is 59.3 Å². The van der Waals surface area contributed by atoms with Gasteiger partial charge in [-0.3, -0.25) is 0 Å². The molecule has 0 unspecified atom stereocenters. The van der Waals surface area contributed by atoms with E-state index >= 15 is 0 Å². The molecule has 1 aromatic rings. The van der Waals surface area contributed by atoms with Gasteiger partial charge in [0, 0.05) is 25.2 Å². The fraction of sp³-hybridized carbons (Fsp3) is 0.667. The molecule has 0 aliphatic rings. The van der Waals surface area contributed by atoms with Crippen molar-refractivity contribution in [1.29, 1.82) is 0 Å². The minimum atomic E-state index is -3.51. The van der Waals surface area contributed by atoms with E-state index in [0.29, 0.717) is 19.0 Å². The lowest BCUT2D eigenvalue weighted by Crippen LogP contribution is -2.37. The molecule has 0 N–H and O–H groups in total. The number of sulfone groups is 1. The first kappa shape index (κ1) is 14.9. The van der Waals surface area contributed by atoms with E-state index in [1.165, 1.54) is 4.90 Å². The maximum Gasteiger partial charge on any atom is 0.346 e. The monoisotopic (exact) mass is 294 g/mol. The second kappa shape index (κ2) is 6.14. The third-order valence-electron chi connectivity index (χ3n) is 2.12. The van der Waals surface area contributed by atoms with Crippen LogP contribution in [0.5, 0.6) is 0 Å². The average Bonchev–Trinajstić information content (AvgIpc) is 2.76. The molecule has 0 bridgehead atoms. The highest BCUT2D eigenvalue weighted by Crippen LogP contribution is 2.02. The third-order valence-corrected chi connectivity index (χ3v) is 3.14. The minimum absolute atomic E-state index is 0.305. The van der Waals surface area contributed by atoms with Gasteiger partial charge in [0.25, 0.3) is 5.16 Å². The summed E-state index contributed by atoms with van der Waals surface area (Å²) in [6.07, 6.45) is 2.85. The number of halogens is 1. The number of alkyl halides is 1. The van der Waals surface area contributed by atoms with Crippen molar-refractivity contribution >= 4 is 27.5 Å². The van der Waals surface area contributed by atoms with Gasteiger partial charge in [-0.25, -0.2) is 18.2 Å². The highest BCUT2D eigenvalue weighted by molar-refractivity contribution is 7.90. The first-order valence-electron chi connectivity index (χ1n) is 5.37. The van der Waals surface area contributed by atoms with Gasteiger partial charge < -0.3 is 4.90 Å². The van der Waals surface area contributed by atoms with Crippen molar-refractivity contribution < 1.29 is 13.2 Å². The highest BCUT2D eigenvalue weighted by Gasteiger charge is 2.19. The number of hydrogen-bond donors (Lipinski definition) is 0. The summed E-state index contributed by atoms with van der Waals surface area (Å²) in [5.74, 6) is 0.305. The zero-order chi connectivity index (χ0) is 13.8. The second-order valence-electron chi connectivity index (χ2n) is 3.70. The van der Waals surface area contributed by atoms with Gasteiger partial charge in [-0.05, 0) is 6.42 Å². The van der Waals surface area contributed by atoms with Gasteiger partial charge in [-0.15, -0.1) is 16.7 Å². The Balaban J connectivity index is 2.92. The first-order chi connectivity index (χ1) is 8.40. The van der Waals surface area contributed by atoms with E-state index < -0.39 is 15.9 Å². The Kier molecular flexibility index (Phi) is 5.09. The van der Waals surface area contributed by atoms with Crippen molar-refractivity contribution in [1.82, 2.24) is 19.7 Å². The number of nitrogens with zero attached hydrogens (tertiary/aromatic N) is 4. The second-order valence-corrected chi connectivity index (χ2v) is 5.99. The van der Waals surface area contributed by atoms with Crippen LogP contribution in [0.15, 0.2) is 11.5 Å². The van der Waals surface area contributed by atoms with Gasteiger partial charge in [-0.2, -0.15) is 4.68 Å².